The molecule has 1 amide bonds. The molecule has 0 saturated carbocycles. The Labute approximate surface area is 213 Å². The summed E-state index contributed by atoms with van der Waals surface area (Å²) in [6.45, 7) is 12.8. The van der Waals surface area contributed by atoms with Gasteiger partial charge in [-0.05, 0) is 63.6 Å². The molecular formula is C29H36N6O. The minimum atomic E-state index is -0.0671. The summed E-state index contributed by atoms with van der Waals surface area (Å²) < 4.78 is 1.87. The molecule has 5 rings (SSSR count). The molecule has 0 bridgehead atoms. The second-order valence-corrected chi connectivity index (χ2v) is 9.63. The summed E-state index contributed by atoms with van der Waals surface area (Å²) in [4.78, 5) is 24.8. The number of allylic oxidation sites excluding steroid dienone is 6. The van der Waals surface area contributed by atoms with Gasteiger partial charge < -0.3 is 9.80 Å². The average molecular weight is 485 g/mol. The summed E-state index contributed by atoms with van der Waals surface area (Å²) in [6, 6.07) is 2.68. The van der Waals surface area contributed by atoms with Crippen LogP contribution < -0.4 is 0 Å². The number of likely N-dealkylation sites (tertiary alicyclic amines) is 1. The summed E-state index contributed by atoms with van der Waals surface area (Å²) in [6.07, 6.45) is 18.9. The molecule has 0 spiro atoms. The van der Waals surface area contributed by atoms with Crippen molar-refractivity contribution in [3.63, 3.8) is 0 Å². The standard InChI is InChI=1S/C29H36N6O/c1-5-26-28-18-27(31-35(28)19-21(4)30-26)22-9-8-10-24-11-12-25(20-34(24)29(36)17-22)33-15-13-23(14-16-33)32(6-2)7-3/h8-12,17-20,23H,5-7,13-16H2,1-4H3/b9-8?,22-17?,24-10+. The van der Waals surface area contributed by atoms with E-state index < -0.39 is 0 Å². The lowest BCUT2D eigenvalue weighted by Gasteiger charge is -2.40. The first kappa shape index (κ1) is 24.3. The molecule has 1 fully saturated rings. The smallest absolute Gasteiger partial charge is 0.255 e. The number of carbonyl (C=O) groups excluding carboxylic acids is 1. The van der Waals surface area contributed by atoms with Gasteiger partial charge in [0.2, 0.25) is 0 Å². The minimum absolute atomic E-state index is 0.0671. The normalized spacial score (nSPS) is 20.2. The van der Waals surface area contributed by atoms with E-state index in [9.17, 15) is 4.79 Å². The van der Waals surface area contributed by atoms with E-state index in [4.69, 9.17) is 5.10 Å². The monoisotopic (exact) mass is 484 g/mol. The van der Waals surface area contributed by atoms with Crippen LogP contribution in [0.15, 0.2) is 66.3 Å². The van der Waals surface area contributed by atoms with Gasteiger partial charge in [-0.3, -0.25) is 14.7 Å². The van der Waals surface area contributed by atoms with E-state index in [2.05, 4.69) is 41.6 Å². The molecule has 1 saturated heterocycles. The van der Waals surface area contributed by atoms with E-state index in [0.29, 0.717) is 6.04 Å². The molecule has 3 aliphatic heterocycles. The Kier molecular flexibility index (Phi) is 6.92. The first-order chi connectivity index (χ1) is 17.5. The molecule has 0 unspecified atom stereocenters. The zero-order valence-electron chi connectivity index (χ0n) is 21.8. The molecule has 2 aromatic rings. The van der Waals surface area contributed by atoms with Crippen LogP contribution in [0.2, 0.25) is 0 Å². The lowest BCUT2D eigenvalue weighted by atomic mass is 10.0. The third-order valence-electron chi connectivity index (χ3n) is 7.46. The molecule has 0 aromatic carbocycles. The van der Waals surface area contributed by atoms with Gasteiger partial charge in [-0.25, -0.2) is 4.52 Å². The fraction of sp³-hybridized carbons (Fsp3) is 0.414. The first-order valence-corrected chi connectivity index (χ1v) is 13.2. The van der Waals surface area contributed by atoms with Gasteiger partial charge in [0, 0.05) is 42.7 Å². The molecule has 7 heteroatoms. The zero-order chi connectivity index (χ0) is 25.2. The molecule has 3 aliphatic rings. The minimum Gasteiger partial charge on any atom is -0.370 e. The lowest BCUT2D eigenvalue weighted by Crippen LogP contribution is -2.44. The van der Waals surface area contributed by atoms with E-state index in [1.54, 1.807) is 11.0 Å². The largest absolute Gasteiger partial charge is 0.370 e. The van der Waals surface area contributed by atoms with E-state index in [0.717, 1.165) is 85.0 Å². The van der Waals surface area contributed by atoms with Crippen LogP contribution >= 0.6 is 0 Å². The summed E-state index contributed by atoms with van der Waals surface area (Å²) in [7, 11) is 0. The number of rotatable bonds is 6. The predicted molar refractivity (Wildman–Crippen MR) is 144 cm³/mol. The first-order valence-electron chi connectivity index (χ1n) is 13.2. The van der Waals surface area contributed by atoms with Crippen LogP contribution in [-0.4, -0.2) is 67.4 Å². The van der Waals surface area contributed by atoms with Crippen LogP contribution in [0, 0.1) is 6.92 Å². The summed E-state index contributed by atoms with van der Waals surface area (Å²) in [5.74, 6) is -0.0671. The summed E-state index contributed by atoms with van der Waals surface area (Å²) in [5, 5.41) is 4.76. The van der Waals surface area contributed by atoms with Crippen molar-refractivity contribution in [3.05, 3.63) is 83.4 Å². The van der Waals surface area contributed by atoms with Crippen LogP contribution in [-0.2, 0) is 11.2 Å². The van der Waals surface area contributed by atoms with Gasteiger partial charge in [0.15, 0.2) is 0 Å². The number of nitrogens with zero attached hydrogens (tertiary/aromatic N) is 6. The Morgan fingerprint density at radius 1 is 1.06 bits per heavy atom. The Morgan fingerprint density at radius 3 is 2.53 bits per heavy atom. The number of hydrogen-bond acceptors (Lipinski definition) is 5. The number of fused-ring (bicyclic) bond motifs is 2. The topological polar surface area (TPSA) is 57.0 Å². The Bertz CT molecular complexity index is 1300. The maximum Gasteiger partial charge on any atom is 0.255 e. The van der Waals surface area contributed by atoms with Crippen molar-refractivity contribution in [2.45, 2.75) is 53.0 Å². The quantitative estimate of drug-likeness (QED) is 0.605. The van der Waals surface area contributed by atoms with E-state index in [-0.39, 0.29) is 5.91 Å². The molecule has 2 aromatic heterocycles. The van der Waals surface area contributed by atoms with Gasteiger partial charge in [0.05, 0.1) is 34.5 Å². The second kappa shape index (κ2) is 10.3. The highest BCUT2D eigenvalue weighted by atomic mass is 16.2. The molecule has 0 atom stereocenters. The highest BCUT2D eigenvalue weighted by Crippen LogP contribution is 2.27. The fourth-order valence-electron chi connectivity index (χ4n) is 5.49. The maximum atomic E-state index is 13.4. The van der Waals surface area contributed by atoms with Crippen molar-refractivity contribution in [1.82, 2.24) is 29.3 Å². The molecule has 0 N–H and O–H groups in total. The molecular weight excluding hydrogens is 448 g/mol. The number of piperidine rings is 1. The van der Waals surface area contributed by atoms with Crippen LogP contribution in [0.3, 0.4) is 0 Å². The van der Waals surface area contributed by atoms with Crippen molar-refractivity contribution in [2.75, 3.05) is 26.2 Å². The number of hydrogen-bond donors (Lipinski definition) is 0. The summed E-state index contributed by atoms with van der Waals surface area (Å²) >= 11 is 0. The maximum absolute atomic E-state index is 13.4. The Hall–Kier alpha value is -3.45. The van der Waals surface area contributed by atoms with Gasteiger partial charge in [-0.15, -0.1) is 0 Å². The highest BCUT2D eigenvalue weighted by molar-refractivity contribution is 5.99. The van der Waals surface area contributed by atoms with Gasteiger partial charge in [-0.1, -0.05) is 32.9 Å². The molecule has 0 aliphatic carbocycles. The van der Waals surface area contributed by atoms with Crippen molar-refractivity contribution in [2.24, 2.45) is 0 Å². The SMILES string of the molecule is CCc1nc(C)cn2nc(C3=CC(=O)N4C=C(N5CCC(N(CC)CC)CC5)C=C/C4=C\C=C3)cc12. The van der Waals surface area contributed by atoms with Crippen molar-refractivity contribution in [1.29, 1.82) is 0 Å². The molecule has 5 heterocycles. The number of aryl methyl sites for hydroxylation is 2. The van der Waals surface area contributed by atoms with E-state index in [1.165, 1.54) is 0 Å². The van der Waals surface area contributed by atoms with Crippen molar-refractivity contribution < 1.29 is 4.79 Å². The molecule has 188 valence electrons. The Balaban J connectivity index is 1.39. The number of aromatic nitrogens is 3. The predicted octanol–water partition coefficient (Wildman–Crippen LogP) is 4.48. The van der Waals surface area contributed by atoms with Crippen molar-refractivity contribution in [3.8, 4) is 0 Å². The van der Waals surface area contributed by atoms with E-state index in [1.807, 2.05) is 54.2 Å². The number of amides is 1. The van der Waals surface area contributed by atoms with Crippen molar-refractivity contribution >= 4 is 17.0 Å². The summed E-state index contributed by atoms with van der Waals surface area (Å²) in [5.41, 5.74) is 6.46. The van der Waals surface area contributed by atoms with Gasteiger partial charge in [0.1, 0.15) is 0 Å². The molecule has 36 heavy (non-hydrogen) atoms. The number of carbonyl (C=O) groups is 1. The average Bonchev–Trinajstić information content (AvgIpc) is 3.31. The zero-order valence-corrected chi connectivity index (χ0v) is 21.8. The van der Waals surface area contributed by atoms with Crippen LogP contribution in [0.4, 0.5) is 0 Å². The molecule has 0 radical (unpaired) electrons. The molecule has 7 nitrogen and oxygen atoms in total. The Morgan fingerprint density at radius 2 is 1.81 bits per heavy atom. The van der Waals surface area contributed by atoms with Gasteiger partial charge in [-0.2, -0.15) is 5.10 Å². The van der Waals surface area contributed by atoms with Gasteiger partial charge >= 0.3 is 0 Å². The van der Waals surface area contributed by atoms with Gasteiger partial charge in [0.25, 0.3) is 5.91 Å². The van der Waals surface area contributed by atoms with Crippen LogP contribution in [0.5, 0.6) is 0 Å². The second-order valence-electron chi connectivity index (χ2n) is 9.63. The van der Waals surface area contributed by atoms with Crippen LogP contribution in [0.25, 0.3) is 11.1 Å². The fourth-order valence-corrected chi connectivity index (χ4v) is 5.49. The van der Waals surface area contributed by atoms with E-state index >= 15 is 0 Å². The third-order valence-corrected chi connectivity index (χ3v) is 7.46. The van der Waals surface area contributed by atoms with Crippen LogP contribution in [0.1, 0.15) is 50.7 Å². The highest BCUT2D eigenvalue weighted by Gasteiger charge is 2.26. The lowest BCUT2D eigenvalue weighted by molar-refractivity contribution is -0.122. The third kappa shape index (κ3) is 4.67.